The Morgan fingerprint density at radius 1 is 1.06 bits per heavy atom. The van der Waals surface area contributed by atoms with E-state index in [0.29, 0.717) is 12.3 Å². The molecule has 0 aromatic heterocycles. The molecule has 1 saturated heterocycles. The van der Waals surface area contributed by atoms with Gasteiger partial charge in [-0.15, -0.1) is 0 Å². The fourth-order valence-corrected chi connectivity index (χ4v) is 5.06. The van der Waals surface area contributed by atoms with Gasteiger partial charge in [-0.25, -0.2) is 0 Å². The number of hydrogen-bond donors (Lipinski definition) is 0. The molecule has 7 heteroatoms. The molecule has 32 heavy (non-hydrogen) atoms. The van der Waals surface area contributed by atoms with E-state index >= 15 is 0 Å². The number of amides is 1. The van der Waals surface area contributed by atoms with Crippen molar-refractivity contribution in [3.63, 3.8) is 0 Å². The monoisotopic (exact) mass is 456 g/mol. The van der Waals surface area contributed by atoms with E-state index < -0.39 is 5.60 Å². The first-order valence-corrected chi connectivity index (χ1v) is 12.1. The van der Waals surface area contributed by atoms with Crippen molar-refractivity contribution in [1.29, 1.82) is 0 Å². The minimum Gasteiger partial charge on any atom is -0.460 e. The van der Waals surface area contributed by atoms with E-state index in [4.69, 9.17) is 14.2 Å². The van der Waals surface area contributed by atoms with Crippen LogP contribution in [0.25, 0.3) is 0 Å². The molecule has 1 rings (SSSR count). The van der Waals surface area contributed by atoms with Gasteiger partial charge in [-0.2, -0.15) is 0 Å². The van der Waals surface area contributed by atoms with Gasteiger partial charge in [-0.3, -0.25) is 9.59 Å². The molecule has 1 aliphatic rings. The zero-order valence-electron chi connectivity index (χ0n) is 22.1. The molecule has 0 radical (unpaired) electrons. The van der Waals surface area contributed by atoms with E-state index in [-0.39, 0.29) is 48.5 Å². The SMILES string of the molecule is CCC(C)C(C(CC(=O)N1CCCC1C(OC)C(C)CC(=O)OC(C)(C)C)OC)N(C)C. The van der Waals surface area contributed by atoms with Crippen LogP contribution in [0, 0.1) is 11.8 Å². The maximum absolute atomic E-state index is 13.4. The fourth-order valence-electron chi connectivity index (χ4n) is 5.06. The molecule has 0 N–H and O–H groups in total. The zero-order chi connectivity index (χ0) is 24.6. The van der Waals surface area contributed by atoms with Crippen molar-refractivity contribution in [1.82, 2.24) is 9.80 Å². The Kier molecular flexibility index (Phi) is 11.6. The summed E-state index contributed by atoms with van der Waals surface area (Å²) in [6.45, 7) is 12.7. The van der Waals surface area contributed by atoms with Crippen LogP contribution >= 0.6 is 0 Å². The number of methoxy groups -OCH3 is 2. The van der Waals surface area contributed by atoms with Gasteiger partial charge in [0.05, 0.1) is 31.1 Å². The van der Waals surface area contributed by atoms with Crippen LogP contribution in [-0.4, -0.2) is 86.4 Å². The number of likely N-dealkylation sites (tertiary alicyclic amines) is 1. The van der Waals surface area contributed by atoms with Gasteiger partial charge in [0.25, 0.3) is 0 Å². The van der Waals surface area contributed by atoms with Crippen LogP contribution in [0.4, 0.5) is 0 Å². The average molecular weight is 457 g/mol. The molecule has 0 aliphatic carbocycles. The quantitative estimate of drug-likeness (QED) is 0.417. The summed E-state index contributed by atoms with van der Waals surface area (Å²) in [5.41, 5.74) is -0.511. The van der Waals surface area contributed by atoms with Gasteiger partial charge in [-0.05, 0) is 59.5 Å². The van der Waals surface area contributed by atoms with E-state index in [1.54, 1.807) is 14.2 Å². The highest BCUT2D eigenvalue weighted by molar-refractivity contribution is 5.77. The summed E-state index contributed by atoms with van der Waals surface area (Å²) >= 11 is 0. The predicted octanol–water partition coefficient (Wildman–Crippen LogP) is 3.74. The van der Waals surface area contributed by atoms with E-state index in [1.165, 1.54) is 0 Å². The number of hydrogen-bond acceptors (Lipinski definition) is 6. The molecule has 0 bridgehead atoms. The lowest BCUT2D eigenvalue weighted by Gasteiger charge is -2.38. The third-order valence-electron chi connectivity index (χ3n) is 6.62. The smallest absolute Gasteiger partial charge is 0.306 e. The normalized spacial score (nSPS) is 21.8. The molecule has 0 spiro atoms. The summed E-state index contributed by atoms with van der Waals surface area (Å²) < 4.78 is 17.1. The molecule has 6 unspecified atom stereocenters. The maximum Gasteiger partial charge on any atom is 0.306 e. The molecule has 0 saturated carbocycles. The maximum atomic E-state index is 13.4. The molecule has 188 valence electrons. The largest absolute Gasteiger partial charge is 0.460 e. The Hall–Kier alpha value is -1.18. The molecular weight excluding hydrogens is 408 g/mol. The van der Waals surface area contributed by atoms with Crippen molar-refractivity contribution in [3.05, 3.63) is 0 Å². The highest BCUT2D eigenvalue weighted by atomic mass is 16.6. The summed E-state index contributed by atoms with van der Waals surface area (Å²) in [6.07, 6.45) is 3.07. The predicted molar refractivity (Wildman–Crippen MR) is 128 cm³/mol. The van der Waals surface area contributed by atoms with Gasteiger partial charge in [0.15, 0.2) is 0 Å². The lowest BCUT2D eigenvalue weighted by Crippen LogP contribution is -2.50. The molecule has 1 heterocycles. The van der Waals surface area contributed by atoms with Crippen molar-refractivity contribution in [2.45, 2.75) is 104 Å². The summed E-state index contributed by atoms with van der Waals surface area (Å²) in [7, 11) is 7.45. The van der Waals surface area contributed by atoms with Gasteiger partial charge in [0, 0.05) is 26.8 Å². The third-order valence-corrected chi connectivity index (χ3v) is 6.62. The van der Waals surface area contributed by atoms with Crippen LogP contribution in [0.5, 0.6) is 0 Å². The lowest BCUT2D eigenvalue weighted by molar-refractivity contribution is -0.157. The first-order chi connectivity index (χ1) is 14.9. The number of likely N-dealkylation sites (N-methyl/N-ethyl adjacent to an activating group) is 1. The summed E-state index contributed by atoms with van der Waals surface area (Å²) in [5, 5.41) is 0. The summed E-state index contributed by atoms with van der Waals surface area (Å²) in [5.74, 6) is 0.226. The van der Waals surface area contributed by atoms with E-state index in [2.05, 4.69) is 18.7 Å². The summed E-state index contributed by atoms with van der Waals surface area (Å²) in [4.78, 5) is 29.9. The lowest BCUT2D eigenvalue weighted by atomic mass is 9.90. The van der Waals surface area contributed by atoms with Gasteiger partial charge < -0.3 is 24.0 Å². The van der Waals surface area contributed by atoms with Crippen molar-refractivity contribution in [3.8, 4) is 0 Å². The van der Waals surface area contributed by atoms with Crippen LogP contribution < -0.4 is 0 Å². The van der Waals surface area contributed by atoms with Crippen molar-refractivity contribution < 1.29 is 23.8 Å². The second kappa shape index (κ2) is 12.9. The Morgan fingerprint density at radius 2 is 1.69 bits per heavy atom. The summed E-state index contributed by atoms with van der Waals surface area (Å²) in [6, 6.07) is 0.128. The van der Waals surface area contributed by atoms with E-state index in [9.17, 15) is 9.59 Å². The Labute approximate surface area is 196 Å². The van der Waals surface area contributed by atoms with Crippen LogP contribution in [-0.2, 0) is 23.8 Å². The number of nitrogens with zero attached hydrogens (tertiary/aromatic N) is 2. The van der Waals surface area contributed by atoms with E-state index in [1.807, 2.05) is 46.7 Å². The fraction of sp³-hybridized carbons (Fsp3) is 0.920. The molecule has 1 aliphatic heterocycles. The number of ether oxygens (including phenoxy) is 3. The number of carbonyl (C=O) groups is 2. The Bertz CT molecular complexity index is 589. The van der Waals surface area contributed by atoms with Gasteiger partial charge in [0.2, 0.25) is 5.91 Å². The van der Waals surface area contributed by atoms with Crippen molar-refractivity contribution in [2.75, 3.05) is 34.9 Å². The Morgan fingerprint density at radius 3 is 2.16 bits per heavy atom. The number of esters is 1. The zero-order valence-corrected chi connectivity index (χ0v) is 22.1. The van der Waals surface area contributed by atoms with Gasteiger partial charge in [0.1, 0.15) is 5.60 Å². The van der Waals surface area contributed by atoms with Crippen LogP contribution in [0.15, 0.2) is 0 Å². The average Bonchev–Trinajstić information content (AvgIpc) is 3.15. The first-order valence-electron chi connectivity index (χ1n) is 12.1. The van der Waals surface area contributed by atoms with Crippen molar-refractivity contribution in [2.24, 2.45) is 11.8 Å². The molecule has 7 nitrogen and oxygen atoms in total. The minimum absolute atomic E-state index is 0.0381. The number of rotatable bonds is 12. The third kappa shape index (κ3) is 8.31. The molecule has 1 amide bonds. The van der Waals surface area contributed by atoms with Crippen LogP contribution in [0.2, 0.25) is 0 Å². The second-order valence-electron chi connectivity index (χ2n) is 10.6. The molecule has 0 aromatic rings. The second-order valence-corrected chi connectivity index (χ2v) is 10.6. The van der Waals surface area contributed by atoms with Crippen LogP contribution in [0.1, 0.15) is 73.6 Å². The van der Waals surface area contributed by atoms with Crippen molar-refractivity contribution >= 4 is 11.9 Å². The molecule has 1 fully saturated rings. The minimum atomic E-state index is -0.511. The highest BCUT2D eigenvalue weighted by Crippen LogP contribution is 2.30. The number of carbonyl (C=O) groups excluding carboxylic acids is 2. The van der Waals surface area contributed by atoms with E-state index in [0.717, 1.165) is 25.8 Å². The topological polar surface area (TPSA) is 68.3 Å². The molecule has 0 aromatic carbocycles. The highest BCUT2D eigenvalue weighted by Gasteiger charge is 2.40. The standard InChI is InChI=1S/C25H48N2O5/c1-11-17(2)23(26(7)8)20(30-9)16-21(28)27-14-12-13-19(27)24(31-10)18(3)15-22(29)32-25(4,5)6/h17-20,23-24H,11-16H2,1-10H3. The Balaban J connectivity index is 2.90. The van der Waals surface area contributed by atoms with Gasteiger partial charge in [-0.1, -0.05) is 27.2 Å². The van der Waals surface area contributed by atoms with Gasteiger partial charge >= 0.3 is 5.97 Å². The first kappa shape index (κ1) is 28.9. The molecule has 6 atom stereocenters. The van der Waals surface area contributed by atoms with Crippen LogP contribution in [0.3, 0.4) is 0 Å². The molecular formula is C25H48N2O5.